The van der Waals surface area contributed by atoms with Crippen molar-refractivity contribution in [2.75, 3.05) is 4.90 Å². The molecule has 220 valence electrons. The van der Waals surface area contributed by atoms with Crippen molar-refractivity contribution in [2.24, 2.45) is 0 Å². The number of aryl methyl sites for hydroxylation is 2. The maximum absolute atomic E-state index is 2.52. The quantitative estimate of drug-likeness (QED) is 0.200. The van der Waals surface area contributed by atoms with Gasteiger partial charge >= 0.3 is 0 Å². The number of nitrogens with zero attached hydrogens (tertiary/aromatic N) is 1. The molecule has 1 nitrogen and oxygen atoms in total. The lowest BCUT2D eigenvalue weighted by Gasteiger charge is -2.32. The average Bonchev–Trinajstić information content (AvgIpc) is 3.42. The summed E-state index contributed by atoms with van der Waals surface area (Å²) in [5.41, 5.74) is 19.4. The van der Waals surface area contributed by atoms with Crippen LogP contribution in [-0.2, 0) is 10.8 Å². The van der Waals surface area contributed by atoms with Crippen LogP contribution in [0.2, 0.25) is 0 Å². The van der Waals surface area contributed by atoms with E-state index >= 15 is 0 Å². The summed E-state index contributed by atoms with van der Waals surface area (Å²) in [5, 5.41) is 0. The van der Waals surface area contributed by atoms with Gasteiger partial charge in [0.2, 0.25) is 0 Å². The van der Waals surface area contributed by atoms with Crippen molar-refractivity contribution >= 4 is 17.1 Å². The van der Waals surface area contributed by atoms with E-state index < -0.39 is 0 Å². The molecule has 0 unspecified atom stereocenters. The maximum atomic E-state index is 2.52. The molecule has 0 saturated carbocycles. The molecule has 1 heteroatoms. The van der Waals surface area contributed by atoms with Crippen LogP contribution in [0.15, 0.2) is 127 Å². The van der Waals surface area contributed by atoms with Crippen molar-refractivity contribution in [1.82, 2.24) is 0 Å². The monoisotopic (exact) mass is 581 g/mol. The summed E-state index contributed by atoms with van der Waals surface area (Å²) in [6.45, 7) is 13.9. The lowest BCUT2D eigenvalue weighted by molar-refractivity contribution is 0.660. The van der Waals surface area contributed by atoms with Crippen LogP contribution in [0.4, 0.5) is 17.1 Å². The molecule has 0 spiro atoms. The van der Waals surface area contributed by atoms with Gasteiger partial charge in [-0.15, -0.1) is 0 Å². The van der Waals surface area contributed by atoms with Crippen LogP contribution in [0.5, 0.6) is 0 Å². The molecule has 8 rings (SSSR count). The predicted molar refractivity (Wildman–Crippen MR) is 191 cm³/mol. The van der Waals surface area contributed by atoms with E-state index in [1.54, 1.807) is 0 Å². The second-order valence-electron chi connectivity index (χ2n) is 14.0. The molecule has 6 aromatic carbocycles. The van der Waals surface area contributed by atoms with E-state index in [0.29, 0.717) is 0 Å². The molecule has 0 aromatic heterocycles. The second-order valence-corrected chi connectivity index (χ2v) is 14.0. The van der Waals surface area contributed by atoms with E-state index in [1.165, 1.54) is 83.8 Å². The third-order valence-electron chi connectivity index (χ3n) is 10.5. The first-order chi connectivity index (χ1) is 21.7. The summed E-state index contributed by atoms with van der Waals surface area (Å²) in [6, 6.07) is 47.7. The molecule has 2 aliphatic rings. The van der Waals surface area contributed by atoms with E-state index in [9.17, 15) is 0 Å². The van der Waals surface area contributed by atoms with Gasteiger partial charge in [0.15, 0.2) is 0 Å². The zero-order chi connectivity index (χ0) is 31.1. The highest BCUT2D eigenvalue weighted by Gasteiger charge is 2.38. The fourth-order valence-corrected chi connectivity index (χ4v) is 7.99. The molecule has 0 atom stereocenters. The minimum atomic E-state index is -0.0826. The molecule has 0 fully saturated rings. The Labute approximate surface area is 267 Å². The Morgan fingerprint density at radius 3 is 1.42 bits per heavy atom. The Bertz CT molecular complexity index is 2020. The smallest absolute Gasteiger partial charge is 0.0569 e. The number of benzene rings is 6. The van der Waals surface area contributed by atoms with E-state index in [1.807, 2.05) is 0 Å². The summed E-state index contributed by atoms with van der Waals surface area (Å²) in [4.78, 5) is 2.52. The first kappa shape index (κ1) is 27.7. The first-order valence-corrected chi connectivity index (χ1v) is 16.1. The molecule has 0 N–H and O–H groups in total. The number of para-hydroxylation sites is 1. The van der Waals surface area contributed by atoms with Gasteiger partial charge in [-0.25, -0.2) is 0 Å². The molecule has 0 bridgehead atoms. The largest absolute Gasteiger partial charge is 0.310 e. The standard InChI is InChI=1S/C44H39N/c1-28-18-20-30(21-19-28)33-15-11-12-29(2)42(33)45(31-22-24-36-34-13-7-9-16-38(34)43(3,4)40(36)26-31)32-23-25-37-35-14-8-10-17-39(35)44(5,6)41(37)27-32/h7-27H,1-6H3. The molecule has 2 aliphatic carbocycles. The Balaban J connectivity index is 1.38. The van der Waals surface area contributed by atoms with E-state index in [2.05, 4.69) is 174 Å². The van der Waals surface area contributed by atoms with Crippen LogP contribution >= 0.6 is 0 Å². The third-order valence-corrected chi connectivity index (χ3v) is 10.5. The number of anilines is 3. The highest BCUT2D eigenvalue weighted by Crippen LogP contribution is 2.54. The first-order valence-electron chi connectivity index (χ1n) is 16.1. The van der Waals surface area contributed by atoms with Crippen LogP contribution in [0.25, 0.3) is 33.4 Å². The van der Waals surface area contributed by atoms with Gasteiger partial charge in [-0.2, -0.15) is 0 Å². The number of hydrogen-bond donors (Lipinski definition) is 0. The van der Waals surface area contributed by atoms with E-state index in [0.717, 1.165) is 0 Å². The van der Waals surface area contributed by atoms with Crippen molar-refractivity contribution in [3.8, 4) is 33.4 Å². The van der Waals surface area contributed by atoms with Gasteiger partial charge in [0, 0.05) is 27.8 Å². The number of hydrogen-bond acceptors (Lipinski definition) is 1. The minimum Gasteiger partial charge on any atom is -0.310 e. The van der Waals surface area contributed by atoms with Crippen molar-refractivity contribution in [2.45, 2.75) is 52.4 Å². The van der Waals surface area contributed by atoms with Crippen molar-refractivity contribution in [3.05, 3.63) is 161 Å². The summed E-state index contributed by atoms with van der Waals surface area (Å²) in [6.07, 6.45) is 0. The predicted octanol–water partition coefficient (Wildman–Crippen LogP) is 12.1. The molecular formula is C44H39N. The molecular weight excluding hydrogens is 542 g/mol. The van der Waals surface area contributed by atoms with Crippen LogP contribution in [0, 0.1) is 13.8 Å². The highest BCUT2D eigenvalue weighted by atomic mass is 15.1. The molecule has 0 amide bonds. The van der Waals surface area contributed by atoms with Gasteiger partial charge in [0.25, 0.3) is 0 Å². The van der Waals surface area contributed by atoms with Gasteiger partial charge in [-0.3, -0.25) is 0 Å². The molecule has 0 heterocycles. The van der Waals surface area contributed by atoms with Crippen LogP contribution in [0.3, 0.4) is 0 Å². The number of rotatable bonds is 4. The Hall–Kier alpha value is -4.88. The second kappa shape index (κ2) is 9.81. The Morgan fingerprint density at radius 2 is 0.889 bits per heavy atom. The summed E-state index contributed by atoms with van der Waals surface area (Å²) in [5.74, 6) is 0. The van der Waals surface area contributed by atoms with Crippen molar-refractivity contribution in [3.63, 3.8) is 0 Å². The molecule has 45 heavy (non-hydrogen) atoms. The molecule has 0 saturated heterocycles. The zero-order valence-electron chi connectivity index (χ0n) is 27.1. The lowest BCUT2D eigenvalue weighted by atomic mass is 9.82. The Morgan fingerprint density at radius 1 is 0.422 bits per heavy atom. The fourth-order valence-electron chi connectivity index (χ4n) is 7.99. The topological polar surface area (TPSA) is 3.24 Å². The SMILES string of the molecule is Cc1ccc(-c2cccc(C)c2N(c2ccc3c(c2)C(C)(C)c2ccccc2-3)c2ccc3c(c2)C(C)(C)c2ccccc2-3)cc1. The molecule has 6 aromatic rings. The van der Waals surface area contributed by atoms with Crippen molar-refractivity contribution < 1.29 is 0 Å². The molecule has 0 aliphatic heterocycles. The minimum absolute atomic E-state index is 0.0826. The fraction of sp³-hybridized carbons (Fsp3) is 0.182. The Kier molecular flexibility index (Phi) is 6.03. The lowest BCUT2D eigenvalue weighted by Crippen LogP contribution is -2.18. The van der Waals surface area contributed by atoms with Gasteiger partial charge < -0.3 is 4.90 Å². The van der Waals surface area contributed by atoms with Gasteiger partial charge in [0.1, 0.15) is 0 Å². The maximum Gasteiger partial charge on any atom is 0.0569 e. The van der Waals surface area contributed by atoms with E-state index in [-0.39, 0.29) is 10.8 Å². The average molecular weight is 582 g/mol. The van der Waals surface area contributed by atoms with Crippen LogP contribution < -0.4 is 4.90 Å². The van der Waals surface area contributed by atoms with Gasteiger partial charge in [-0.05, 0) is 93.7 Å². The van der Waals surface area contributed by atoms with Gasteiger partial charge in [-0.1, -0.05) is 136 Å². The summed E-state index contributed by atoms with van der Waals surface area (Å²) in [7, 11) is 0. The van der Waals surface area contributed by atoms with Crippen LogP contribution in [-0.4, -0.2) is 0 Å². The number of fused-ring (bicyclic) bond motifs is 6. The van der Waals surface area contributed by atoms with Gasteiger partial charge in [0.05, 0.1) is 5.69 Å². The van der Waals surface area contributed by atoms with Crippen LogP contribution in [0.1, 0.15) is 61.1 Å². The highest BCUT2D eigenvalue weighted by molar-refractivity contribution is 5.93. The summed E-state index contributed by atoms with van der Waals surface area (Å²) >= 11 is 0. The van der Waals surface area contributed by atoms with Crippen molar-refractivity contribution in [1.29, 1.82) is 0 Å². The van der Waals surface area contributed by atoms with E-state index in [4.69, 9.17) is 0 Å². The summed E-state index contributed by atoms with van der Waals surface area (Å²) < 4.78 is 0. The molecule has 0 radical (unpaired) electrons. The third kappa shape index (κ3) is 4.07. The zero-order valence-corrected chi connectivity index (χ0v) is 27.1. The normalized spacial score (nSPS) is 14.8.